The van der Waals surface area contributed by atoms with Crippen LogP contribution in [0, 0.1) is 17.1 Å². The molecule has 0 amide bonds. The molecule has 25 heavy (non-hydrogen) atoms. The number of pyridine rings is 1. The summed E-state index contributed by atoms with van der Waals surface area (Å²) in [6, 6.07) is 8.80. The lowest BCUT2D eigenvalue weighted by atomic mass is 10.2. The molecule has 130 valence electrons. The summed E-state index contributed by atoms with van der Waals surface area (Å²) in [5.41, 5.74) is 0.448. The van der Waals surface area contributed by atoms with Gasteiger partial charge < -0.3 is 4.90 Å². The van der Waals surface area contributed by atoms with Gasteiger partial charge >= 0.3 is 0 Å². The second kappa shape index (κ2) is 6.96. The third-order valence-electron chi connectivity index (χ3n) is 3.97. The number of rotatable bonds is 3. The predicted octanol–water partition coefficient (Wildman–Crippen LogP) is 2.26. The van der Waals surface area contributed by atoms with Gasteiger partial charge in [0.2, 0.25) is 10.0 Å². The molecule has 0 saturated carbocycles. The molecule has 9 heteroatoms. The molecule has 2 heterocycles. The number of hydrogen-bond donors (Lipinski definition) is 0. The molecule has 0 bridgehead atoms. The molecular formula is C16H14ClFN4O2S. The normalized spacial score (nSPS) is 15.8. The van der Waals surface area contributed by atoms with Crippen LogP contribution in [0.1, 0.15) is 5.56 Å². The van der Waals surface area contributed by atoms with E-state index in [-0.39, 0.29) is 23.0 Å². The summed E-state index contributed by atoms with van der Waals surface area (Å²) in [4.78, 5) is 6.05. The monoisotopic (exact) mass is 380 g/mol. The molecule has 0 radical (unpaired) electrons. The minimum absolute atomic E-state index is 0.0390. The predicted molar refractivity (Wildman–Crippen MR) is 91.3 cm³/mol. The van der Waals surface area contributed by atoms with E-state index in [4.69, 9.17) is 16.9 Å². The van der Waals surface area contributed by atoms with E-state index in [1.807, 2.05) is 4.90 Å². The fraction of sp³-hybridized carbons (Fsp3) is 0.250. The number of piperazine rings is 1. The average Bonchev–Trinajstić information content (AvgIpc) is 2.64. The Morgan fingerprint density at radius 2 is 1.92 bits per heavy atom. The van der Waals surface area contributed by atoms with Gasteiger partial charge in [0.1, 0.15) is 17.7 Å². The SMILES string of the molecule is N#Cc1cccnc1N1CCN(S(=O)(=O)c2ccc(F)c(Cl)c2)CC1. The van der Waals surface area contributed by atoms with Gasteiger partial charge in [-0.25, -0.2) is 17.8 Å². The number of benzene rings is 1. The summed E-state index contributed by atoms with van der Waals surface area (Å²) in [7, 11) is -3.75. The number of anilines is 1. The molecule has 1 aromatic heterocycles. The molecule has 2 aromatic rings. The van der Waals surface area contributed by atoms with Crippen LogP contribution in [-0.4, -0.2) is 43.9 Å². The van der Waals surface area contributed by atoms with Crippen molar-refractivity contribution in [3.05, 3.63) is 52.9 Å². The van der Waals surface area contributed by atoms with Crippen LogP contribution in [0.3, 0.4) is 0 Å². The Bertz CT molecular complexity index is 937. The van der Waals surface area contributed by atoms with E-state index >= 15 is 0 Å². The van der Waals surface area contributed by atoms with Crippen molar-refractivity contribution in [3.8, 4) is 6.07 Å². The molecule has 0 atom stereocenters. The van der Waals surface area contributed by atoms with Crippen LogP contribution < -0.4 is 4.90 Å². The molecular weight excluding hydrogens is 367 g/mol. The number of nitriles is 1. The van der Waals surface area contributed by atoms with Gasteiger partial charge in [-0.3, -0.25) is 0 Å². The van der Waals surface area contributed by atoms with E-state index in [2.05, 4.69) is 11.1 Å². The minimum Gasteiger partial charge on any atom is -0.353 e. The van der Waals surface area contributed by atoms with Gasteiger partial charge in [-0.1, -0.05) is 11.6 Å². The zero-order chi connectivity index (χ0) is 18.0. The topological polar surface area (TPSA) is 77.3 Å². The Labute approximate surface area is 150 Å². The first-order valence-electron chi connectivity index (χ1n) is 7.49. The van der Waals surface area contributed by atoms with Gasteiger partial charge in [0.25, 0.3) is 0 Å². The lowest BCUT2D eigenvalue weighted by molar-refractivity contribution is 0.383. The van der Waals surface area contributed by atoms with E-state index in [0.717, 1.165) is 12.1 Å². The van der Waals surface area contributed by atoms with Crippen molar-refractivity contribution in [2.24, 2.45) is 0 Å². The number of halogens is 2. The van der Waals surface area contributed by atoms with E-state index in [9.17, 15) is 12.8 Å². The Kier molecular flexibility index (Phi) is 4.90. The van der Waals surface area contributed by atoms with Crippen molar-refractivity contribution in [3.63, 3.8) is 0 Å². The Hall–Kier alpha value is -2.21. The Morgan fingerprint density at radius 3 is 2.56 bits per heavy atom. The first kappa shape index (κ1) is 17.6. The number of sulfonamides is 1. The maximum atomic E-state index is 13.3. The highest BCUT2D eigenvalue weighted by molar-refractivity contribution is 7.89. The second-order valence-corrected chi connectivity index (χ2v) is 7.80. The van der Waals surface area contributed by atoms with Crippen LogP contribution >= 0.6 is 11.6 Å². The fourth-order valence-electron chi connectivity index (χ4n) is 2.66. The van der Waals surface area contributed by atoms with Gasteiger partial charge in [-0.15, -0.1) is 0 Å². The molecule has 1 aliphatic rings. The lowest BCUT2D eigenvalue weighted by Crippen LogP contribution is -2.49. The van der Waals surface area contributed by atoms with E-state index in [1.54, 1.807) is 18.3 Å². The first-order chi connectivity index (χ1) is 11.9. The lowest BCUT2D eigenvalue weighted by Gasteiger charge is -2.35. The quantitative estimate of drug-likeness (QED) is 0.816. The van der Waals surface area contributed by atoms with Gasteiger partial charge in [-0.2, -0.15) is 9.57 Å². The Morgan fingerprint density at radius 1 is 1.20 bits per heavy atom. The van der Waals surface area contributed by atoms with Crippen LogP contribution in [-0.2, 0) is 10.0 Å². The number of aromatic nitrogens is 1. The molecule has 0 unspecified atom stereocenters. The summed E-state index contributed by atoms with van der Waals surface area (Å²) in [5.74, 6) is -0.114. The maximum Gasteiger partial charge on any atom is 0.243 e. The van der Waals surface area contributed by atoms with Crippen molar-refractivity contribution in [2.75, 3.05) is 31.1 Å². The third kappa shape index (κ3) is 3.44. The molecule has 0 N–H and O–H groups in total. The fourth-order valence-corrected chi connectivity index (χ4v) is 4.36. The molecule has 1 aromatic carbocycles. The van der Waals surface area contributed by atoms with Crippen LogP contribution in [0.5, 0.6) is 0 Å². The van der Waals surface area contributed by atoms with Crippen molar-refractivity contribution < 1.29 is 12.8 Å². The largest absolute Gasteiger partial charge is 0.353 e. The molecule has 0 spiro atoms. The minimum atomic E-state index is -3.75. The van der Waals surface area contributed by atoms with Gasteiger partial charge in [-0.05, 0) is 30.3 Å². The summed E-state index contributed by atoms with van der Waals surface area (Å²) in [6.07, 6.45) is 1.60. The smallest absolute Gasteiger partial charge is 0.243 e. The van der Waals surface area contributed by atoms with Gasteiger partial charge in [0.05, 0.1) is 15.5 Å². The van der Waals surface area contributed by atoms with Crippen molar-refractivity contribution >= 4 is 27.4 Å². The van der Waals surface area contributed by atoms with E-state index in [1.165, 1.54) is 10.4 Å². The standard InChI is InChI=1S/C16H14ClFN4O2S/c17-14-10-13(3-4-15(14)18)25(23,24)22-8-6-21(7-9-22)16-12(11-19)2-1-5-20-16/h1-5,10H,6-9H2. The van der Waals surface area contributed by atoms with Crippen LogP contribution in [0.15, 0.2) is 41.4 Å². The van der Waals surface area contributed by atoms with Gasteiger partial charge in [0.15, 0.2) is 0 Å². The maximum absolute atomic E-state index is 13.3. The second-order valence-electron chi connectivity index (χ2n) is 5.45. The average molecular weight is 381 g/mol. The van der Waals surface area contributed by atoms with Crippen LogP contribution in [0.2, 0.25) is 5.02 Å². The van der Waals surface area contributed by atoms with Crippen LogP contribution in [0.25, 0.3) is 0 Å². The highest BCUT2D eigenvalue weighted by Crippen LogP contribution is 2.24. The van der Waals surface area contributed by atoms with E-state index in [0.29, 0.717) is 24.5 Å². The third-order valence-corrected chi connectivity index (χ3v) is 6.16. The zero-order valence-corrected chi connectivity index (χ0v) is 14.6. The van der Waals surface area contributed by atoms with Crippen molar-refractivity contribution in [1.82, 2.24) is 9.29 Å². The van der Waals surface area contributed by atoms with Crippen LogP contribution in [0.4, 0.5) is 10.2 Å². The summed E-state index contributed by atoms with van der Waals surface area (Å²) >= 11 is 5.69. The highest BCUT2D eigenvalue weighted by Gasteiger charge is 2.30. The number of hydrogen-bond acceptors (Lipinski definition) is 5. The van der Waals surface area contributed by atoms with Crippen molar-refractivity contribution in [1.29, 1.82) is 5.26 Å². The zero-order valence-electron chi connectivity index (χ0n) is 13.1. The molecule has 3 rings (SSSR count). The van der Waals surface area contributed by atoms with Gasteiger partial charge in [0, 0.05) is 32.4 Å². The molecule has 1 saturated heterocycles. The summed E-state index contributed by atoms with van der Waals surface area (Å²) in [5, 5.41) is 8.93. The van der Waals surface area contributed by atoms with E-state index < -0.39 is 15.8 Å². The molecule has 0 aliphatic carbocycles. The Balaban J connectivity index is 1.77. The molecule has 1 aliphatic heterocycles. The highest BCUT2D eigenvalue weighted by atomic mass is 35.5. The summed E-state index contributed by atoms with van der Waals surface area (Å²) in [6.45, 7) is 1.28. The van der Waals surface area contributed by atoms with Crippen molar-refractivity contribution in [2.45, 2.75) is 4.90 Å². The number of nitrogens with zero attached hydrogens (tertiary/aromatic N) is 4. The molecule has 6 nitrogen and oxygen atoms in total. The molecule has 1 fully saturated rings. The summed E-state index contributed by atoms with van der Waals surface area (Å²) < 4.78 is 39.9. The first-order valence-corrected chi connectivity index (χ1v) is 9.30.